The van der Waals surface area contributed by atoms with Gasteiger partial charge in [0.25, 0.3) is 5.69 Å². The summed E-state index contributed by atoms with van der Waals surface area (Å²) in [5, 5.41) is 41.9. The lowest BCUT2D eigenvalue weighted by atomic mass is 9.55. The summed E-state index contributed by atoms with van der Waals surface area (Å²) in [6, 6.07) is 11.7. The number of phenolic OH excluding ortho intramolecular Hbond substituents is 1. The van der Waals surface area contributed by atoms with E-state index in [1.807, 2.05) is 0 Å². The largest absolute Gasteiger partial charge is 0.508 e. The number of anilines is 1. The number of imide groups is 1. The van der Waals surface area contributed by atoms with Gasteiger partial charge < -0.3 is 19.9 Å². The number of fused-ring (bicyclic) bond motifs is 3. The van der Waals surface area contributed by atoms with E-state index in [9.17, 15) is 34.9 Å². The lowest BCUT2D eigenvalue weighted by molar-refractivity contribution is -0.384. The molecule has 0 bridgehead atoms. The maximum atomic E-state index is 13.6. The van der Waals surface area contributed by atoms with Gasteiger partial charge >= 0.3 is 7.12 Å². The van der Waals surface area contributed by atoms with Gasteiger partial charge in [-0.3, -0.25) is 19.7 Å². The topological polar surface area (TPSA) is 150 Å². The van der Waals surface area contributed by atoms with Crippen LogP contribution in [0.2, 0.25) is 0 Å². The lowest BCUT2D eigenvalue weighted by Crippen LogP contribution is -2.45. The van der Waals surface area contributed by atoms with Crippen LogP contribution in [0.25, 0.3) is 0 Å². The number of benzene rings is 2. The summed E-state index contributed by atoms with van der Waals surface area (Å²) in [4.78, 5) is 38.5. The number of phenols is 1. The number of rotatable bonds is 4. The lowest BCUT2D eigenvalue weighted by Gasteiger charge is -2.41. The van der Waals surface area contributed by atoms with E-state index in [0.717, 1.165) is 4.90 Å². The number of aliphatic hydroxyl groups excluding tert-OH is 1. The van der Waals surface area contributed by atoms with Crippen molar-refractivity contribution in [3.05, 3.63) is 75.3 Å². The van der Waals surface area contributed by atoms with Crippen LogP contribution < -0.4 is 4.90 Å². The Hall–Kier alpha value is -3.54. The minimum atomic E-state index is -1.39. The molecule has 11 heteroatoms. The Balaban J connectivity index is 1.54. The molecule has 3 N–H and O–H groups in total. The summed E-state index contributed by atoms with van der Waals surface area (Å²) in [7, 11) is -1.39. The Morgan fingerprint density at radius 3 is 2.59 bits per heavy atom. The Labute approximate surface area is 194 Å². The van der Waals surface area contributed by atoms with Gasteiger partial charge in [0.1, 0.15) is 5.75 Å². The molecule has 174 valence electrons. The number of nitro benzene ring substituents is 1. The van der Waals surface area contributed by atoms with Gasteiger partial charge in [0.15, 0.2) is 0 Å². The van der Waals surface area contributed by atoms with Gasteiger partial charge in [-0.1, -0.05) is 18.2 Å². The van der Waals surface area contributed by atoms with Crippen LogP contribution in [0.4, 0.5) is 11.4 Å². The van der Waals surface area contributed by atoms with Crippen LogP contribution >= 0.6 is 0 Å². The summed E-state index contributed by atoms with van der Waals surface area (Å²) in [6.45, 7) is -0.398. The molecule has 0 spiro atoms. The predicted octanol–water partition coefficient (Wildman–Crippen LogP) is 1.90. The molecule has 2 aromatic rings. The third kappa shape index (κ3) is 3.49. The Kier molecular flexibility index (Phi) is 5.47. The van der Waals surface area contributed by atoms with Gasteiger partial charge in [-0.05, 0) is 53.6 Å². The Morgan fingerprint density at radius 2 is 1.88 bits per heavy atom. The van der Waals surface area contributed by atoms with Gasteiger partial charge in [0.05, 0.1) is 35.2 Å². The molecule has 10 nitrogen and oxygen atoms in total. The number of nitro groups is 1. The summed E-state index contributed by atoms with van der Waals surface area (Å²) >= 11 is 0. The maximum absolute atomic E-state index is 13.6. The van der Waals surface area contributed by atoms with E-state index in [1.165, 1.54) is 36.4 Å². The second-order valence-corrected chi connectivity index (χ2v) is 8.76. The molecule has 5 rings (SSSR count). The summed E-state index contributed by atoms with van der Waals surface area (Å²) in [5.74, 6) is -3.13. The van der Waals surface area contributed by atoms with E-state index in [0.29, 0.717) is 16.6 Å². The molecule has 0 aromatic heterocycles. The molecule has 2 saturated heterocycles. The number of carbonyl (C=O) groups is 2. The smallest absolute Gasteiger partial charge is 0.487 e. The first-order valence-corrected chi connectivity index (χ1v) is 10.9. The molecule has 2 aliphatic heterocycles. The first-order chi connectivity index (χ1) is 16.3. The summed E-state index contributed by atoms with van der Waals surface area (Å²) in [5.41, 5.74) is 1.34. The number of allylic oxidation sites excluding steroid dienone is 1. The number of non-ortho nitro benzene ring substituents is 1. The molecule has 1 aliphatic carbocycles. The van der Waals surface area contributed by atoms with Crippen LogP contribution in [0.5, 0.6) is 5.75 Å². The fraction of sp³-hybridized carbons (Fsp3) is 0.304. The first kappa shape index (κ1) is 22.3. The molecule has 2 fully saturated rings. The fourth-order valence-electron chi connectivity index (χ4n) is 5.50. The predicted molar refractivity (Wildman–Crippen MR) is 119 cm³/mol. The van der Waals surface area contributed by atoms with Crippen molar-refractivity contribution in [2.75, 3.05) is 11.5 Å². The first-order valence-electron chi connectivity index (χ1n) is 10.9. The SMILES string of the molecule is O=C1[C@H]2[C@H](CC(CO)=C3B(O)O[C@H](c4cccc(O)c4)C[C@H]32)C(=O)N1c1cccc([N+](=O)[O-])c1. The van der Waals surface area contributed by atoms with Crippen LogP contribution in [0, 0.1) is 27.9 Å². The van der Waals surface area contributed by atoms with E-state index in [-0.39, 0.29) is 30.0 Å². The average molecular weight is 464 g/mol. The third-order valence-corrected chi connectivity index (χ3v) is 6.94. The maximum Gasteiger partial charge on any atom is 0.487 e. The zero-order valence-corrected chi connectivity index (χ0v) is 17.9. The van der Waals surface area contributed by atoms with E-state index in [4.69, 9.17) is 4.65 Å². The highest BCUT2D eigenvalue weighted by atomic mass is 16.6. The van der Waals surface area contributed by atoms with E-state index in [2.05, 4.69) is 0 Å². The van der Waals surface area contributed by atoms with Gasteiger partial charge in [-0.15, -0.1) is 0 Å². The van der Waals surface area contributed by atoms with Crippen molar-refractivity contribution in [1.82, 2.24) is 0 Å². The number of aromatic hydroxyl groups is 1. The zero-order chi connectivity index (χ0) is 24.1. The monoisotopic (exact) mass is 464 g/mol. The van der Waals surface area contributed by atoms with Crippen LogP contribution in [-0.4, -0.2) is 45.7 Å². The second kappa shape index (κ2) is 8.35. The van der Waals surface area contributed by atoms with Gasteiger partial charge in [0, 0.05) is 12.1 Å². The van der Waals surface area contributed by atoms with Gasteiger partial charge in [0.2, 0.25) is 11.8 Å². The summed E-state index contributed by atoms with van der Waals surface area (Å²) in [6.07, 6.45) is -0.313. The Morgan fingerprint density at radius 1 is 1.12 bits per heavy atom. The minimum Gasteiger partial charge on any atom is -0.508 e. The quantitative estimate of drug-likeness (QED) is 0.269. The molecule has 34 heavy (non-hydrogen) atoms. The molecular weight excluding hydrogens is 443 g/mol. The van der Waals surface area contributed by atoms with E-state index >= 15 is 0 Å². The van der Waals surface area contributed by atoms with Crippen molar-refractivity contribution < 1.29 is 34.4 Å². The second-order valence-electron chi connectivity index (χ2n) is 8.76. The zero-order valence-electron chi connectivity index (χ0n) is 17.9. The normalized spacial score (nSPS) is 26.5. The highest BCUT2D eigenvalue weighted by Crippen LogP contribution is 2.52. The van der Waals surface area contributed by atoms with Crippen molar-refractivity contribution in [2.45, 2.75) is 18.9 Å². The third-order valence-electron chi connectivity index (χ3n) is 6.94. The highest BCUT2D eigenvalue weighted by Gasteiger charge is 2.58. The Bertz CT molecular complexity index is 1230. The standard InChI is InChI=1S/C23H21BN2O8/c27-11-13-8-18-20(23(30)25(22(18)29)14-4-2-5-15(9-14)26(32)33)17-10-19(34-24(31)21(13)17)12-3-1-6-16(28)7-12/h1-7,9,17-20,27-28,31H,8,10-11H2/t17-,18-,19-,20+/m0/s1. The molecule has 2 amide bonds. The number of hydrogen-bond donors (Lipinski definition) is 3. The molecule has 0 unspecified atom stereocenters. The van der Waals surface area contributed by atoms with Crippen molar-refractivity contribution in [2.24, 2.45) is 17.8 Å². The highest BCUT2D eigenvalue weighted by molar-refractivity contribution is 6.53. The molecule has 0 radical (unpaired) electrons. The molecule has 3 aliphatic rings. The van der Waals surface area contributed by atoms with Crippen LogP contribution in [0.1, 0.15) is 24.5 Å². The molecule has 4 atom stereocenters. The van der Waals surface area contributed by atoms with Gasteiger partial charge in [-0.2, -0.15) is 0 Å². The van der Waals surface area contributed by atoms with E-state index < -0.39 is 54.3 Å². The van der Waals surface area contributed by atoms with Crippen LogP contribution in [0.15, 0.2) is 59.6 Å². The molecular formula is C23H21BN2O8. The molecule has 0 saturated carbocycles. The number of hydrogen-bond acceptors (Lipinski definition) is 8. The van der Waals surface area contributed by atoms with Crippen molar-refractivity contribution >= 4 is 30.3 Å². The molecule has 2 heterocycles. The molecule has 2 aromatic carbocycles. The van der Waals surface area contributed by atoms with Crippen LogP contribution in [-0.2, 0) is 14.2 Å². The van der Waals surface area contributed by atoms with Crippen molar-refractivity contribution in [3.63, 3.8) is 0 Å². The fourth-order valence-corrected chi connectivity index (χ4v) is 5.50. The number of nitrogens with zero attached hydrogens (tertiary/aromatic N) is 2. The summed E-state index contributed by atoms with van der Waals surface area (Å²) < 4.78 is 5.78. The average Bonchev–Trinajstić information content (AvgIpc) is 3.08. The van der Waals surface area contributed by atoms with Crippen molar-refractivity contribution in [3.8, 4) is 5.75 Å². The number of amides is 2. The van der Waals surface area contributed by atoms with E-state index in [1.54, 1.807) is 12.1 Å². The van der Waals surface area contributed by atoms with Crippen LogP contribution in [0.3, 0.4) is 0 Å². The number of carbonyl (C=O) groups excluding carboxylic acids is 2. The van der Waals surface area contributed by atoms with Gasteiger partial charge in [-0.25, -0.2) is 4.90 Å². The minimum absolute atomic E-state index is 0.0264. The van der Waals surface area contributed by atoms with Crippen molar-refractivity contribution in [1.29, 1.82) is 0 Å². The number of aliphatic hydroxyl groups is 1.